The lowest BCUT2D eigenvalue weighted by atomic mass is 9.84. The number of alkyl halides is 1. The van der Waals surface area contributed by atoms with Gasteiger partial charge in [0, 0.05) is 31.6 Å². The minimum atomic E-state index is -1.13. The summed E-state index contributed by atoms with van der Waals surface area (Å²) in [6.45, 7) is 4.51. The first-order valence-electron chi connectivity index (χ1n) is 14.8. The number of hydrogen-bond acceptors (Lipinski definition) is 6. The second-order valence-electron chi connectivity index (χ2n) is 11.1. The minimum Gasteiger partial charge on any atom is -0.463 e. The fourth-order valence-electron chi connectivity index (χ4n) is 5.78. The van der Waals surface area contributed by atoms with Crippen LogP contribution >= 0.6 is 0 Å². The molecule has 0 heterocycles. The Hall–Kier alpha value is -1.91. The third kappa shape index (κ3) is 10.7. The Bertz CT molecular complexity index is 788. The Morgan fingerprint density at radius 2 is 1.47 bits per heavy atom. The maximum atomic E-state index is 14.9. The molecule has 3 saturated carbocycles. The largest absolute Gasteiger partial charge is 0.463 e. The molecule has 0 bridgehead atoms. The quantitative estimate of drug-likeness (QED) is 0.130. The lowest BCUT2D eigenvalue weighted by molar-refractivity contribution is -0.162. The number of ether oxygens (including phenoxy) is 4. The van der Waals surface area contributed by atoms with Crippen LogP contribution in [0.2, 0.25) is 0 Å². The monoisotopic (exact) mass is 534 g/mol. The van der Waals surface area contributed by atoms with Gasteiger partial charge in [0.25, 0.3) is 0 Å². The molecule has 3 aliphatic carbocycles. The fourth-order valence-corrected chi connectivity index (χ4v) is 5.78. The number of halogens is 1. The topological polar surface area (TPSA) is 71.1 Å². The molecule has 0 N–H and O–H groups in total. The van der Waals surface area contributed by atoms with Crippen LogP contribution in [-0.2, 0) is 28.5 Å². The van der Waals surface area contributed by atoms with Crippen LogP contribution in [0, 0.1) is 29.6 Å². The van der Waals surface area contributed by atoms with Gasteiger partial charge in [0.15, 0.2) is 0 Å². The van der Waals surface area contributed by atoms with E-state index in [2.05, 4.69) is 18.4 Å². The number of rotatable bonds is 12. The summed E-state index contributed by atoms with van der Waals surface area (Å²) in [5.41, 5.74) is 0. The molecule has 6 nitrogen and oxygen atoms in total. The number of hydrogen-bond donors (Lipinski definition) is 0. The Morgan fingerprint density at radius 3 is 2.13 bits per heavy atom. The summed E-state index contributed by atoms with van der Waals surface area (Å²) in [6, 6.07) is 0. The van der Waals surface area contributed by atoms with E-state index in [9.17, 15) is 14.0 Å². The van der Waals surface area contributed by atoms with Crippen LogP contribution in [0.4, 0.5) is 4.39 Å². The number of methoxy groups -OCH3 is 1. The summed E-state index contributed by atoms with van der Waals surface area (Å²) >= 11 is 0. The summed E-state index contributed by atoms with van der Waals surface area (Å²) in [5, 5.41) is 0. The molecule has 7 heteroatoms. The van der Waals surface area contributed by atoms with Gasteiger partial charge in [-0.15, -0.1) is 0 Å². The molecule has 3 rings (SSSR count). The molecule has 0 radical (unpaired) electrons. The molecule has 0 aromatic heterocycles. The van der Waals surface area contributed by atoms with E-state index in [0.717, 1.165) is 83.5 Å². The second kappa shape index (κ2) is 16.9. The molecule has 214 valence electrons. The van der Waals surface area contributed by atoms with Crippen molar-refractivity contribution in [2.75, 3.05) is 20.3 Å². The zero-order chi connectivity index (χ0) is 27.2. The Labute approximate surface area is 228 Å². The van der Waals surface area contributed by atoms with Crippen LogP contribution in [0.1, 0.15) is 96.3 Å². The van der Waals surface area contributed by atoms with Gasteiger partial charge in [0.1, 0.15) is 12.3 Å². The van der Waals surface area contributed by atoms with E-state index in [-0.39, 0.29) is 29.9 Å². The molecule has 3 atom stereocenters. The van der Waals surface area contributed by atoms with Crippen LogP contribution in [0.5, 0.6) is 0 Å². The molecule has 3 unspecified atom stereocenters. The van der Waals surface area contributed by atoms with Gasteiger partial charge in [-0.3, -0.25) is 4.79 Å². The molecular formula is C31H47FO6. The smallest absolute Gasteiger partial charge is 0.330 e. The van der Waals surface area contributed by atoms with Crippen LogP contribution in [0.3, 0.4) is 0 Å². The van der Waals surface area contributed by atoms with Crippen molar-refractivity contribution < 1.29 is 32.9 Å². The highest BCUT2D eigenvalue weighted by Gasteiger charge is 2.35. The lowest BCUT2D eigenvalue weighted by Crippen LogP contribution is -2.37. The normalized spacial score (nSPS) is 31.5. The van der Waals surface area contributed by atoms with Crippen molar-refractivity contribution in [2.45, 2.75) is 121 Å². The molecule has 0 aliphatic heterocycles. The van der Waals surface area contributed by atoms with Gasteiger partial charge >= 0.3 is 11.9 Å². The molecule has 3 fully saturated rings. The van der Waals surface area contributed by atoms with Gasteiger partial charge in [0.2, 0.25) is 0 Å². The molecule has 3 aliphatic rings. The van der Waals surface area contributed by atoms with Gasteiger partial charge < -0.3 is 18.9 Å². The van der Waals surface area contributed by atoms with Crippen molar-refractivity contribution in [2.24, 2.45) is 17.8 Å². The standard InChI is InChI=1S/C31H47FO6/c1-3-30(33)37-21-7-5-4-6-20-36-27-17-13-25(14-18-27)31(34)38-29-19-12-24(22-28(29)32)9-8-23-10-15-26(35-2)16-11-23/h3,23-29H,1,4-7,10-22H2,2H3. The summed E-state index contributed by atoms with van der Waals surface area (Å²) in [6.07, 6.45) is 12.9. The number of unbranched alkanes of at least 4 members (excludes halogenated alkanes) is 3. The molecule has 38 heavy (non-hydrogen) atoms. The molecule has 0 saturated heterocycles. The summed E-state index contributed by atoms with van der Waals surface area (Å²) in [7, 11) is 1.77. The average Bonchev–Trinajstić information content (AvgIpc) is 2.95. The van der Waals surface area contributed by atoms with Gasteiger partial charge in [-0.1, -0.05) is 24.8 Å². The van der Waals surface area contributed by atoms with E-state index >= 15 is 0 Å². The highest BCUT2D eigenvalue weighted by atomic mass is 19.1. The molecule has 0 aromatic carbocycles. The molecule has 0 aromatic rings. The van der Waals surface area contributed by atoms with E-state index in [1.807, 2.05) is 0 Å². The first kappa shape index (κ1) is 30.6. The van der Waals surface area contributed by atoms with Crippen LogP contribution in [0.25, 0.3) is 0 Å². The Balaban J connectivity index is 1.24. The molecule has 0 spiro atoms. The number of esters is 2. The zero-order valence-electron chi connectivity index (χ0n) is 23.2. The van der Waals surface area contributed by atoms with Crippen molar-refractivity contribution in [1.82, 2.24) is 0 Å². The lowest BCUT2D eigenvalue weighted by Gasteiger charge is -2.32. The SMILES string of the molecule is C=CC(=O)OCCCCCCOC1CCC(C(=O)OC2CCC(C#CC3CCC(OC)CC3)CC2F)CC1. The van der Waals surface area contributed by atoms with Crippen LogP contribution < -0.4 is 0 Å². The minimum absolute atomic E-state index is 0.0579. The fraction of sp³-hybridized carbons (Fsp3) is 0.806. The maximum Gasteiger partial charge on any atom is 0.330 e. The van der Waals surface area contributed by atoms with E-state index < -0.39 is 12.3 Å². The van der Waals surface area contributed by atoms with E-state index in [1.165, 1.54) is 6.08 Å². The van der Waals surface area contributed by atoms with Crippen molar-refractivity contribution in [3.63, 3.8) is 0 Å². The van der Waals surface area contributed by atoms with Crippen LogP contribution in [0.15, 0.2) is 12.7 Å². The zero-order valence-corrected chi connectivity index (χ0v) is 23.2. The number of carbonyl (C=O) groups is 2. The highest BCUT2D eigenvalue weighted by Crippen LogP contribution is 2.33. The maximum absolute atomic E-state index is 14.9. The van der Waals surface area contributed by atoms with E-state index in [0.29, 0.717) is 38.1 Å². The van der Waals surface area contributed by atoms with Gasteiger partial charge in [-0.25, -0.2) is 9.18 Å². The Morgan fingerprint density at radius 1 is 0.842 bits per heavy atom. The van der Waals surface area contributed by atoms with E-state index in [1.54, 1.807) is 7.11 Å². The Kier molecular flexibility index (Phi) is 13.6. The highest BCUT2D eigenvalue weighted by molar-refractivity contribution is 5.81. The second-order valence-corrected chi connectivity index (χ2v) is 11.1. The summed E-state index contributed by atoms with van der Waals surface area (Å²) in [5.74, 6) is 6.41. The summed E-state index contributed by atoms with van der Waals surface area (Å²) in [4.78, 5) is 23.7. The van der Waals surface area contributed by atoms with Crippen molar-refractivity contribution >= 4 is 11.9 Å². The predicted octanol–water partition coefficient (Wildman–Crippen LogP) is 6.11. The van der Waals surface area contributed by atoms with Gasteiger partial charge in [0.05, 0.1) is 24.7 Å². The average molecular weight is 535 g/mol. The first-order valence-corrected chi connectivity index (χ1v) is 14.8. The molecule has 0 amide bonds. The predicted molar refractivity (Wildman–Crippen MR) is 144 cm³/mol. The van der Waals surface area contributed by atoms with E-state index in [4.69, 9.17) is 18.9 Å². The van der Waals surface area contributed by atoms with Crippen molar-refractivity contribution in [3.8, 4) is 11.8 Å². The van der Waals surface area contributed by atoms with Crippen molar-refractivity contribution in [3.05, 3.63) is 12.7 Å². The van der Waals surface area contributed by atoms with Gasteiger partial charge in [-0.2, -0.15) is 0 Å². The van der Waals surface area contributed by atoms with Gasteiger partial charge in [-0.05, 0) is 89.9 Å². The molecular weight excluding hydrogens is 487 g/mol. The summed E-state index contributed by atoms with van der Waals surface area (Å²) < 4.78 is 36.9. The first-order chi connectivity index (χ1) is 18.5. The third-order valence-corrected chi connectivity index (χ3v) is 8.29. The number of carbonyl (C=O) groups excluding carboxylic acids is 2. The van der Waals surface area contributed by atoms with Crippen LogP contribution in [-0.4, -0.2) is 56.7 Å². The van der Waals surface area contributed by atoms with Crippen molar-refractivity contribution in [1.29, 1.82) is 0 Å². The third-order valence-electron chi connectivity index (χ3n) is 8.29.